The van der Waals surface area contributed by atoms with Crippen LogP contribution in [0.5, 0.6) is 0 Å². The average molecular weight is 417 g/mol. The standard InChI is InChI=1S/C20H22BrN3O2/c1-3-16(14-8-10-15(21)11-9-14)22-13(2)20(26)24-12-19(25)23-17-6-4-5-7-18(17)24/h4-11,13,16,22H,3,12H2,1-2H3,(H,23,25)/p+1/t13-,16-/m1/s1. The van der Waals surface area contributed by atoms with Crippen LogP contribution in [-0.2, 0) is 9.59 Å². The summed E-state index contributed by atoms with van der Waals surface area (Å²) in [7, 11) is 0. The van der Waals surface area contributed by atoms with Crippen LogP contribution >= 0.6 is 15.9 Å². The molecule has 0 aromatic heterocycles. The first-order chi connectivity index (χ1) is 12.5. The third-order valence-corrected chi connectivity index (χ3v) is 5.21. The van der Waals surface area contributed by atoms with Crippen LogP contribution in [0.25, 0.3) is 0 Å². The molecule has 0 spiro atoms. The Hall–Kier alpha value is -2.18. The first kappa shape index (κ1) is 18.6. The monoisotopic (exact) mass is 416 g/mol. The smallest absolute Gasteiger partial charge is 0.285 e. The number of fused-ring (bicyclic) bond motifs is 1. The summed E-state index contributed by atoms with van der Waals surface area (Å²) in [5, 5.41) is 4.90. The highest BCUT2D eigenvalue weighted by atomic mass is 79.9. The zero-order chi connectivity index (χ0) is 18.7. The number of anilines is 2. The Balaban J connectivity index is 1.77. The predicted octanol–water partition coefficient (Wildman–Crippen LogP) is 2.84. The zero-order valence-corrected chi connectivity index (χ0v) is 16.5. The number of rotatable bonds is 5. The zero-order valence-electron chi connectivity index (χ0n) is 14.9. The van der Waals surface area contributed by atoms with Crippen molar-refractivity contribution in [3.63, 3.8) is 0 Å². The molecule has 0 radical (unpaired) electrons. The molecule has 2 atom stereocenters. The van der Waals surface area contributed by atoms with Crippen LogP contribution in [0.2, 0.25) is 0 Å². The number of quaternary nitrogens is 1. The predicted molar refractivity (Wildman–Crippen MR) is 106 cm³/mol. The Morgan fingerprint density at radius 3 is 2.62 bits per heavy atom. The van der Waals surface area contributed by atoms with Crippen LogP contribution < -0.4 is 15.5 Å². The Bertz CT molecular complexity index is 807. The molecule has 0 fully saturated rings. The Kier molecular flexibility index (Phi) is 5.74. The summed E-state index contributed by atoms with van der Waals surface area (Å²) in [6.45, 7) is 4.08. The number of amides is 2. The van der Waals surface area contributed by atoms with Crippen molar-refractivity contribution >= 4 is 39.1 Å². The molecule has 2 aromatic carbocycles. The second kappa shape index (κ2) is 8.01. The lowest BCUT2D eigenvalue weighted by Gasteiger charge is -2.31. The van der Waals surface area contributed by atoms with Crippen molar-refractivity contribution in [2.24, 2.45) is 0 Å². The normalized spacial score (nSPS) is 15.8. The summed E-state index contributed by atoms with van der Waals surface area (Å²) in [4.78, 5) is 26.6. The third kappa shape index (κ3) is 3.97. The van der Waals surface area contributed by atoms with Gasteiger partial charge in [-0.05, 0) is 31.2 Å². The van der Waals surface area contributed by atoms with Crippen molar-refractivity contribution < 1.29 is 14.9 Å². The largest absolute Gasteiger partial charge is 0.330 e. The molecular formula is C20H23BrN3O2+. The fourth-order valence-electron chi connectivity index (χ4n) is 3.30. The van der Waals surface area contributed by atoms with Crippen molar-refractivity contribution in [3.8, 4) is 0 Å². The molecular weight excluding hydrogens is 394 g/mol. The van der Waals surface area contributed by atoms with E-state index in [1.807, 2.05) is 43.3 Å². The molecule has 136 valence electrons. The molecule has 0 bridgehead atoms. The van der Waals surface area contributed by atoms with Crippen LogP contribution in [0.1, 0.15) is 31.9 Å². The highest BCUT2D eigenvalue weighted by molar-refractivity contribution is 9.10. The van der Waals surface area contributed by atoms with Crippen molar-refractivity contribution in [2.75, 3.05) is 16.8 Å². The van der Waals surface area contributed by atoms with Crippen LogP contribution in [0.15, 0.2) is 53.0 Å². The number of carbonyl (C=O) groups is 2. The lowest BCUT2D eigenvalue weighted by atomic mass is 10.0. The van der Waals surface area contributed by atoms with Gasteiger partial charge in [-0.2, -0.15) is 0 Å². The molecule has 0 saturated carbocycles. The summed E-state index contributed by atoms with van der Waals surface area (Å²) < 4.78 is 1.04. The molecule has 1 heterocycles. The number of hydrogen-bond donors (Lipinski definition) is 2. The van der Waals surface area contributed by atoms with Gasteiger partial charge in [0.15, 0.2) is 6.04 Å². The van der Waals surface area contributed by atoms with E-state index in [1.54, 1.807) is 4.90 Å². The number of nitrogens with zero attached hydrogens (tertiary/aromatic N) is 1. The van der Waals surface area contributed by atoms with Crippen LogP contribution in [0.4, 0.5) is 11.4 Å². The summed E-state index contributed by atoms with van der Waals surface area (Å²) in [5.74, 6) is -0.216. The van der Waals surface area contributed by atoms with E-state index in [1.165, 1.54) is 5.56 Å². The third-order valence-electron chi connectivity index (χ3n) is 4.69. The molecule has 0 saturated heterocycles. The van der Waals surface area contributed by atoms with Crippen molar-refractivity contribution in [1.82, 2.24) is 0 Å². The molecule has 1 aliphatic rings. The second-order valence-electron chi connectivity index (χ2n) is 6.54. The lowest BCUT2D eigenvalue weighted by Crippen LogP contribution is -2.92. The highest BCUT2D eigenvalue weighted by Gasteiger charge is 2.32. The average Bonchev–Trinajstić information content (AvgIpc) is 2.65. The molecule has 2 amide bonds. The van der Waals surface area contributed by atoms with Gasteiger partial charge in [-0.1, -0.05) is 47.1 Å². The summed E-state index contributed by atoms with van der Waals surface area (Å²) in [6.07, 6.45) is 0.913. The fraction of sp³-hybridized carbons (Fsp3) is 0.300. The van der Waals surface area contributed by atoms with E-state index in [0.717, 1.165) is 16.6 Å². The second-order valence-corrected chi connectivity index (χ2v) is 7.45. The minimum atomic E-state index is -0.289. The molecule has 0 unspecified atom stereocenters. The Morgan fingerprint density at radius 2 is 1.92 bits per heavy atom. The van der Waals surface area contributed by atoms with E-state index in [4.69, 9.17) is 0 Å². The van der Waals surface area contributed by atoms with Gasteiger partial charge in [0.25, 0.3) is 5.91 Å². The van der Waals surface area contributed by atoms with Gasteiger partial charge in [0.2, 0.25) is 5.91 Å². The maximum atomic E-state index is 13.1. The lowest BCUT2D eigenvalue weighted by molar-refractivity contribution is -0.713. The maximum Gasteiger partial charge on any atom is 0.285 e. The maximum absolute atomic E-state index is 13.1. The van der Waals surface area contributed by atoms with Gasteiger partial charge in [-0.25, -0.2) is 0 Å². The summed E-state index contributed by atoms with van der Waals surface area (Å²) in [5.41, 5.74) is 2.63. The topological polar surface area (TPSA) is 66.0 Å². The number of halogens is 1. The number of nitrogens with one attached hydrogen (secondary N) is 1. The van der Waals surface area contributed by atoms with Gasteiger partial charge in [-0.3, -0.25) is 14.5 Å². The number of benzene rings is 2. The van der Waals surface area contributed by atoms with E-state index in [-0.39, 0.29) is 30.4 Å². The minimum Gasteiger partial charge on any atom is -0.330 e. The number of hydrogen-bond acceptors (Lipinski definition) is 2. The van der Waals surface area contributed by atoms with Crippen molar-refractivity contribution in [2.45, 2.75) is 32.4 Å². The van der Waals surface area contributed by atoms with Crippen molar-refractivity contribution in [1.29, 1.82) is 0 Å². The van der Waals surface area contributed by atoms with E-state index in [0.29, 0.717) is 5.69 Å². The van der Waals surface area contributed by atoms with Gasteiger partial charge < -0.3 is 10.6 Å². The molecule has 5 nitrogen and oxygen atoms in total. The van der Waals surface area contributed by atoms with Gasteiger partial charge in [0, 0.05) is 16.5 Å². The first-order valence-electron chi connectivity index (χ1n) is 8.80. The SMILES string of the molecule is CC[C@@H]([NH2+][C@H](C)C(=O)N1CC(=O)Nc2ccccc21)c1ccc(Br)cc1. The summed E-state index contributed by atoms with van der Waals surface area (Å²) >= 11 is 3.45. The fourth-order valence-corrected chi connectivity index (χ4v) is 3.56. The molecule has 2 aromatic rings. The van der Waals surface area contributed by atoms with E-state index >= 15 is 0 Å². The molecule has 26 heavy (non-hydrogen) atoms. The van der Waals surface area contributed by atoms with Crippen LogP contribution in [0, 0.1) is 0 Å². The number of carbonyl (C=O) groups excluding carboxylic acids is 2. The quantitative estimate of drug-likeness (QED) is 0.786. The van der Waals surface area contributed by atoms with E-state index in [2.05, 4.69) is 45.6 Å². The molecule has 3 rings (SSSR count). The molecule has 0 aliphatic carbocycles. The van der Waals surface area contributed by atoms with Gasteiger partial charge >= 0.3 is 0 Å². The van der Waals surface area contributed by atoms with E-state index < -0.39 is 0 Å². The first-order valence-corrected chi connectivity index (χ1v) is 9.59. The number of nitrogens with two attached hydrogens (primary N) is 1. The molecule has 1 aliphatic heterocycles. The van der Waals surface area contributed by atoms with Gasteiger partial charge in [0.05, 0.1) is 11.4 Å². The Labute approximate surface area is 161 Å². The number of para-hydroxylation sites is 2. The Morgan fingerprint density at radius 1 is 1.23 bits per heavy atom. The van der Waals surface area contributed by atoms with Crippen molar-refractivity contribution in [3.05, 3.63) is 58.6 Å². The molecule has 6 heteroatoms. The van der Waals surface area contributed by atoms with Gasteiger partial charge in [0.1, 0.15) is 12.6 Å². The van der Waals surface area contributed by atoms with Gasteiger partial charge in [-0.15, -0.1) is 0 Å². The van der Waals surface area contributed by atoms with Crippen LogP contribution in [-0.4, -0.2) is 24.4 Å². The minimum absolute atomic E-state index is 0.0529. The van der Waals surface area contributed by atoms with Crippen LogP contribution in [0.3, 0.4) is 0 Å². The highest BCUT2D eigenvalue weighted by Crippen LogP contribution is 2.29. The molecule has 3 N–H and O–H groups in total. The van der Waals surface area contributed by atoms with E-state index in [9.17, 15) is 9.59 Å². The summed E-state index contributed by atoms with van der Waals surface area (Å²) in [6, 6.07) is 15.5.